The largest absolute Gasteiger partial charge is 0.496 e. The van der Waals surface area contributed by atoms with Gasteiger partial charge in [-0.3, -0.25) is 0 Å². The molecule has 0 saturated heterocycles. The summed E-state index contributed by atoms with van der Waals surface area (Å²) in [6.07, 6.45) is 0. The Morgan fingerprint density at radius 3 is 2.68 bits per heavy atom. The highest BCUT2D eigenvalue weighted by Crippen LogP contribution is 2.32. The summed E-state index contributed by atoms with van der Waals surface area (Å²) >= 11 is 9.47. The summed E-state index contributed by atoms with van der Waals surface area (Å²) in [7, 11) is 1.63. The van der Waals surface area contributed by atoms with Gasteiger partial charge in [0.15, 0.2) is 5.75 Å². The van der Waals surface area contributed by atoms with Crippen LogP contribution in [0.4, 0.5) is 5.69 Å². The molecule has 0 bridgehead atoms. The van der Waals surface area contributed by atoms with E-state index in [1.54, 1.807) is 25.3 Å². The number of para-hydroxylation sites is 1. The molecular formula is C14H13BrClNO2. The number of benzene rings is 2. The van der Waals surface area contributed by atoms with E-state index in [0.29, 0.717) is 23.1 Å². The van der Waals surface area contributed by atoms with Crippen molar-refractivity contribution in [3.05, 3.63) is 51.5 Å². The fraction of sp³-hybridized carbons (Fsp3) is 0.143. The molecule has 0 radical (unpaired) electrons. The quantitative estimate of drug-likeness (QED) is 0.844. The highest BCUT2D eigenvalue weighted by Gasteiger charge is 2.07. The van der Waals surface area contributed by atoms with E-state index in [1.807, 2.05) is 18.2 Å². The smallest absolute Gasteiger partial charge is 0.161 e. The first-order valence-corrected chi connectivity index (χ1v) is 6.78. The summed E-state index contributed by atoms with van der Waals surface area (Å²) in [6, 6.07) is 11.0. The molecule has 0 heterocycles. The van der Waals surface area contributed by atoms with Crippen LogP contribution in [-0.2, 0) is 6.61 Å². The molecule has 0 atom stereocenters. The predicted octanol–water partition coefficient (Wildman–Crippen LogP) is 4.27. The van der Waals surface area contributed by atoms with Crippen molar-refractivity contribution in [2.24, 2.45) is 0 Å². The lowest BCUT2D eigenvalue weighted by Crippen LogP contribution is -1.99. The Kier molecular flexibility index (Phi) is 4.56. The number of nitrogen functional groups attached to an aromatic ring is 1. The van der Waals surface area contributed by atoms with Gasteiger partial charge in [-0.2, -0.15) is 0 Å². The van der Waals surface area contributed by atoms with E-state index in [1.165, 1.54) is 0 Å². The first-order valence-electron chi connectivity index (χ1n) is 5.61. The summed E-state index contributed by atoms with van der Waals surface area (Å²) in [6.45, 7) is 0.385. The molecule has 0 saturated carbocycles. The summed E-state index contributed by atoms with van der Waals surface area (Å²) in [5.41, 5.74) is 7.34. The molecule has 5 heteroatoms. The Labute approximate surface area is 125 Å². The first-order chi connectivity index (χ1) is 9.11. The van der Waals surface area contributed by atoms with Crippen molar-refractivity contribution in [2.75, 3.05) is 12.8 Å². The molecule has 2 aromatic carbocycles. The molecule has 2 rings (SSSR count). The zero-order chi connectivity index (χ0) is 13.8. The summed E-state index contributed by atoms with van der Waals surface area (Å²) in [5, 5.41) is 0.507. The van der Waals surface area contributed by atoms with Gasteiger partial charge in [-0.15, -0.1) is 0 Å². The maximum atomic E-state index is 6.04. The van der Waals surface area contributed by atoms with Gasteiger partial charge < -0.3 is 15.2 Å². The van der Waals surface area contributed by atoms with Crippen molar-refractivity contribution in [3.63, 3.8) is 0 Å². The van der Waals surface area contributed by atoms with E-state index in [-0.39, 0.29) is 0 Å². The van der Waals surface area contributed by atoms with Gasteiger partial charge in [0.05, 0.1) is 22.3 Å². The van der Waals surface area contributed by atoms with E-state index in [0.717, 1.165) is 15.8 Å². The lowest BCUT2D eigenvalue weighted by molar-refractivity contribution is 0.308. The van der Waals surface area contributed by atoms with Crippen molar-refractivity contribution in [1.82, 2.24) is 0 Å². The van der Waals surface area contributed by atoms with E-state index in [2.05, 4.69) is 15.9 Å². The van der Waals surface area contributed by atoms with Gasteiger partial charge >= 0.3 is 0 Å². The maximum absolute atomic E-state index is 6.04. The molecule has 0 fully saturated rings. The van der Waals surface area contributed by atoms with Gasteiger partial charge in [0.2, 0.25) is 0 Å². The normalized spacial score (nSPS) is 10.3. The topological polar surface area (TPSA) is 44.5 Å². The number of hydrogen-bond acceptors (Lipinski definition) is 3. The van der Waals surface area contributed by atoms with Crippen molar-refractivity contribution < 1.29 is 9.47 Å². The van der Waals surface area contributed by atoms with Crippen LogP contribution >= 0.6 is 27.5 Å². The van der Waals surface area contributed by atoms with Gasteiger partial charge in [0.1, 0.15) is 12.4 Å². The summed E-state index contributed by atoms with van der Waals surface area (Å²) in [4.78, 5) is 0. The lowest BCUT2D eigenvalue weighted by Gasteiger charge is -2.11. The van der Waals surface area contributed by atoms with Gasteiger partial charge in [-0.1, -0.05) is 23.7 Å². The minimum absolute atomic E-state index is 0.385. The lowest BCUT2D eigenvalue weighted by atomic mass is 10.2. The standard InChI is InChI=1S/C14H13BrClNO2/c1-18-13-6-5-9(7-10(13)15)8-19-14-11(16)3-2-4-12(14)17/h2-7H,8,17H2,1H3. The van der Waals surface area contributed by atoms with Crippen LogP contribution < -0.4 is 15.2 Å². The zero-order valence-corrected chi connectivity index (χ0v) is 12.7. The summed E-state index contributed by atoms with van der Waals surface area (Å²) in [5.74, 6) is 1.29. The van der Waals surface area contributed by atoms with Crippen molar-refractivity contribution >= 4 is 33.2 Å². The number of rotatable bonds is 4. The monoisotopic (exact) mass is 341 g/mol. The van der Waals surface area contributed by atoms with Crippen LogP contribution in [0.1, 0.15) is 5.56 Å². The van der Waals surface area contributed by atoms with Crippen LogP contribution in [-0.4, -0.2) is 7.11 Å². The molecule has 0 spiro atoms. The van der Waals surface area contributed by atoms with Crippen LogP contribution in [0.3, 0.4) is 0 Å². The minimum atomic E-state index is 0.385. The van der Waals surface area contributed by atoms with Crippen LogP contribution in [0, 0.1) is 0 Å². The van der Waals surface area contributed by atoms with Crippen LogP contribution in [0.15, 0.2) is 40.9 Å². The van der Waals surface area contributed by atoms with Crippen molar-refractivity contribution in [1.29, 1.82) is 0 Å². The fourth-order valence-corrected chi connectivity index (χ4v) is 2.46. The Hall–Kier alpha value is -1.39. The van der Waals surface area contributed by atoms with Gasteiger partial charge in [-0.25, -0.2) is 0 Å². The van der Waals surface area contributed by atoms with Gasteiger partial charge in [0, 0.05) is 0 Å². The Morgan fingerprint density at radius 2 is 2.05 bits per heavy atom. The molecule has 0 aliphatic heterocycles. The molecule has 100 valence electrons. The highest BCUT2D eigenvalue weighted by molar-refractivity contribution is 9.10. The Bertz CT molecular complexity index is 569. The second kappa shape index (κ2) is 6.17. The average molecular weight is 343 g/mol. The molecule has 0 aromatic heterocycles. The molecule has 0 amide bonds. The fourth-order valence-electron chi connectivity index (χ4n) is 1.63. The molecule has 19 heavy (non-hydrogen) atoms. The number of hydrogen-bond donors (Lipinski definition) is 1. The number of nitrogens with two attached hydrogens (primary N) is 1. The van der Waals surface area contributed by atoms with Crippen LogP contribution in [0.25, 0.3) is 0 Å². The molecule has 2 N–H and O–H groups in total. The van der Waals surface area contributed by atoms with Gasteiger partial charge in [-0.05, 0) is 45.8 Å². The Morgan fingerprint density at radius 1 is 1.26 bits per heavy atom. The molecule has 0 aliphatic carbocycles. The second-order valence-electron chi connectivity index (χ2n) is 3.92. The number of anilines is 1. The Balaban J connectivity index is 2.13. The van der Waals surface area contributed by atoms with Crippen LogP contribution in [0.2, 0.25) is 5.02 Å². The van der Waals surface area contributed by atoms with Crippen molar-refractivity contribution in [2.45, 2.75) is 6.61 Å². The number of methoxy groups -OCH3 is 1. The van der Waals surface area contributed by atoms with E-state index in [9.17, 15) is 0 Å². The number of ether oxygens (including phenoxy) is 2. The molecule has 2 aromatic rings. The molecule has 0 unspecified atom stereocenters. The third kappa shape index (κ3) is 3.33. The van der Waals surface area contributed by atoms with E-state index < -0.39 is 0 Å². The third-order valence-electron chi connectivity index (χ3n) is 2.60. The van der Waals surface area contributed by atoms with Crippen LogP contribution in [0.5, 0.6) is 11.5 Å². The predicted molar refractivity (Wildman–Crippen MR) is 80.9 cm³/mol. The zero-order valence-electron chi connectivity index (χ0n) is 10.3. The van der Waals surface area contributed by atoms with E-state index >= 15 is 0 Å². The highest BCUT2D eigenvalue weighted by atomic mass is 79.9. The van der Waals surface area contributed by atoms with Gasteiger partial charge in [0.25, 0.3) is 0 Å². The van der Waals surface area contributed by atoms with E-state index in [4.69, 9.17) is 26.8 Å². The second-order valence-corrected chi connectivity index (χ2v) is 5.18. The average Bonchev–Trinajstić information content (AvgIpc) is 2.38. The molecule has 3 nitrogen and oxygen atoms in total. The first kappa shape index (κ1) is 14.0. The number of halogens is 2. The molecular weight excluding hydrogens is 330 g/mol. The SMILES string of the molecule is COc1ccc(COc2c(N)cccc2Cl)cc1Br. The molecule has 0 aliphatic rings. The maximum Gasteiger partial charge on any atom is 0.161 e. The summed E-state index contributed by atoms with van der Waals surface area (Å²) < 4.78 is 11.7. The minimum Gasteiger partial charge on any atom is -0.496 e. The van der Waals surface area contributed by atoms with Crippen molar-refractivity contribution in [3.8, 4) is 11.5 Å². The third-order valence-corrected chi connectivity index (χ3v) is 3.51.